The third-order valence-corrected chi connectivity index (χ3v) is 7.38. The minimum absolute atomic E-state index is 0.178. The fourth-order valence-electron chi connectivity index (χ4n) is 5.65. The minimum atomic E-state index is -0.554. The summed E-state index contributed by atoms with van der Waals surface area (Å²) in [6.45, 7) is 12.3. The summed E-state index contributed by atoms with van der Waals surface area (Å²) in [6, 6.07) is 22.3. The zero-order chi connectivity index (χ0) is 26.1. The van der Waals surface area contributed by atoms with Gasteiger partial charge in [-0.05, 0) is 63.3 Å². The van der Waals surface area contributed by atoms with Crippen molar-refractivity contribution in [2.75, 3.05) is 18.0 Å². The molecular formula is C31H34BNO4. The van der Waals surface area contributed by atoms with Gasteiger partial charge in [0.2, 0.25) is 0 Å². The second-order valence-electron chi connectivity index (χ2n) is 9.91. The lowest BCUT2D eigenvalue weighted by Crippen LogP contribution is -2.45. The van der Waals surface area contributed by atoms with Gasteiger partial charge in [-0.2, -0.15) is 0 Å². The molecule has 190 valence electrons. The van der Waals surface area contributed by atoms with Gasteiger partial charge in [0.15, 0.2) is 0 Å². The van der Waals surface area contributed by atoms with Crippen molar-refractivity contribution in [2.45, 2.75) is 53.2 Å². The van der Waals surface area contributed by atoms with Crippen molar-refractivity contribution in [1.82, 2.24) is 0 Å². The van der Waals surface area contributed by atoms with Gasteiger partial charge >= 0.3 is 12.7 Å². The molecule has 0 N–H and O–H groups in total. The van der Waals surface area contributed by atoms with Crippen LogP contribution < -0.4 is 16.0 Å². The highest BCUT2D eigenvalue weighted by Crippen LogP contribution is 2.40. The second kappa shape index (κ2) is 10.6. The van der Waals surface area contributed by atoms with Gasteiger partial charge in [0.25, 0.3) is 0 Å². The minimum Gasteiger partial charge on any atom is -0.423 e. The highest BCUT2D eigenvalue weighted by Gasteiger charge is 2.39. The van der Waals surface area contributed by atoms with Crippen LogP contribution in [0.3, 0.4) is 0 Å². The fraction of sp³-hybridized carbons (Fsp3) is 0.323. The Labute approximate surface area is 219 Å². The number of benzene rings is 3. The third kappa shape index (κ3) is 5.09. The van der Waals surface area contributed by atoms with Crippen molar-refractivity contribution in [3.8, 4) is 0 Å². The van der Waals surface area contributed by atoms with Crippen LogP contribution in [0.25, 0.3) is 11.0 Å². The molecule has 3 aromatic carbocycles. The molecule has 1 fully saturated rings. The Hall–Kier alpha value is -3.35. The van der Waals surface area contributed by atoms with Crippen LogP contribution in [0.2, 0.25) is 0 Å². The van der Waals surface area contributed by atoms with Crippen LogP contribution in [0.1, 0.15) is 60.3 Å². The number of aryl methyl sites for hydroxylation is 3. The average Bonchev–Trinajstić information content (AvgIpc) is 2.88. The first-order valence-electron chi connectivity index (χ1n) is 13.1. The molecule has 1 saturated heterocycles. The zero-order valence-electron chi connectivity index (χ0n) is 22.3. The first-order valence-corrected chi connectivity index (χ1v) is 13.1. The molecule has 4 aromatic rings. The molecule has 1 aliphatic heterocycles. The van der Waals surface area contributed by atoms with Crippen molar-refractivity contribution in [3.05, 3.63) is 105 Å². The molecule has 0 radical (unpaired) electrons. The van der Waals surface area contributed by atoms with Gasteiger partial charge in [-0.3, -0.25) is 0 Å². The highest BCUT2D eigenvalue weighted by atomic mass is 16.6. The largest absolute Gasteiger partial charge is 0.495 e. The lowest BCUT2D eigenvalue weighted by molar-refractivity contribution is 0.0210. The predicted octanol–water partition coefficient (Wildman–Crippen LogP) is 6.18. The van der Waals surface area contributed by atoms with Gasteiger partial charge < -0.3 is 18.6 Å². The Bertz CT molecular complexity index is 1440. The summed E-state index contributed by atoms with van der Waals surface area (Å²) >= 11 is 0. The van der Waals surface area contributed by atoms with E-state index in [2.05, 4.69) is 75.9 Å². The molecule has 5 nitrogen and oxygen atoms in total. The van der Waals surface area contributed by atoms with Crippen molar-refractivity contribution >= 4 is 29.2 Å². The SMILES string of the molecule is CCN(CC)c1ccc2c(C3CC(c4ccccc4)OB(c4c(C)cc(C)cc4C)O3)cc(=O)oc2c1. The summed E-state index contributed by atoms with van der Waals surface area (Å²) < 4.78 is 19.0. The van der Waals surface area contributed by atoms with Crippen molar-refractivity contribution in [1.29, 1.82) is 0 Å². The van der Waals surface area contributed by atoms with Crippen molar-refractivity contribution in [3.63, 3.8) is 0 Å². The van der Waals surface area contributed by atoms with E-state index < -0.39 is 7.12 Å². The van der Waals surface area contributed by atoms with E-state index in [1.165, 1.54) is 5.56 Å². The summed E-state index contributed by atoms with van der Waals surface area (Å²) in [5, 5.41) is 0.894. The zero-order valence-corrected chi connectivity index (χ0v) is 22.3. The molecule has 5 rings (SSSR count). The molecule has 2 unspecified atom stereocenters. The smallest absolute Gasteiger partial charge is 0.423 e. The number of hydrogen-bond acceptors (Lipinski definition) is 5. The first kappa shape index (κ1) is 25.3. The van der Waals surface area contributed by atoms with E-state index in [0.29, 0.717) is 12.0 Å². The number of hydrogen-bond donors (Lipinski definition) is 0. The molecule has 0 aliphatic carbocycles. The molecule has 1 aliphatic rings. The Morgan fingerprint density at radius 2 is 1.54 bits per heavy atom. The van der Waals surface area contributed by atoms with Crippen LogP contribution in [0.4, 0.5) is 5.69 Å². The fourth-order valence-corrected chi connectivity index (χ4v) is 5.65. The molecule has 37 heavy (non-hydrogen) atoms. The van der Waals surface area contributed by atoms with E-state index in [0.717, 1.165) is 51.9 Å². The van der Waals surface area contributed by atoms with E-state index in [9.17, 15) is 4.79 Å². The maximum absolute atomic E-state index is 12.7. The molecule has 2 atom stereocenters. The van der Waals surface area contributed by atoms with Gasteiger partial charge in [0.1, 0.15) is 5.58 Å². The number of fused-ring (bicyclic) bond motifs is 1. The van der Waals surface area contributed by atoms with Gasteiger partial charge in [0.05, 0.1) is 12.2 Å². The maximum atomic E-state index is 12.7. The second-order valence-corrected chi connectivity index (χ2v) is 9.91. The van der Waals surface area contributed by atoms with Crippen LogP contribution >= 0.6 is 0 Å². The standard InChI is InChI=1S/C31H34BNO4/c1-6-33(7-2)24-13-14-25-26(18-30(34)35-28(25)17-24)29-19-27(23-11-9-8-10-12-23)36-32(37-29)31-21(4)15-20(3)16-22(31)5/h8-18,27,29H,6-7,19H2,1-5H3. The topological polar surface area (TPSA) is 51.9 Å². The van der Waals surface area contributed by atoms with Gasteiger partial charge in [0, 0.05) is 42.7 Å². The van der Waals surface area contributed by atoms with E-state index in [4.69, 9.17) is 13.7 Å². The van der Waals surface area contributed by atoms with Crippen LogP contribution in [0.5, 0.6) is 0 Å². The van der Waals surface area contributed by atoms with Crippen LogP contribution in [-0.4, -0.2) is 20.2 Å². The molecule has 2 heterocycles. The Kier molecular flexibility index (Phi) is 7.23. The van der Waals surface area contributed by atoms with Gasteiger partial charge in [-0.1, -0.05) is 59.2 Å². The van der Waals surface area contributed by atoms with E-state index in [1.54, 1.807) is 6.07 Å². The molecular weight excluding hydrogens is 461 g/mol. The molecule has 0 amide bonds. The Balaban J connectivity index is 1.61. The van der Waals surface area contributed by atoms with Gasteiger partial charge in [-0.15, -0.1) is 0 Å². The van der Waals surface area contributed by atoms with E-state index in [-0.39, 0.29) is 17.8 Å². The summed E-state index contributed by atoms with van der Waals surface area (Å²) in [6.07, 6.45) is 0.0816. The Morgan fingerprint density at radius 1 is 0.865 bits per heavy atom. The number of anilines is 1. The summed E-state index contributed by atoms with van der Waals surface area (Å²) in [5.74, 6) is 0. The van der Waals surface area contributed by atoms with Crippen LogP contribution in [-0.2, 0) is 9.31 Å². The number of nitrogens with zero attached hydrogens (tertiary/aromatic N) is 1. The summed E-state index contributed by atoms with van der Waals surface area (Å²) in [4.78, 5) is 15.0. The van der Waals surface area contributed by atoms with Crippen LogP contribution in [0, 0.1) is 20.8 Å². The van der Waals surface area contributed by atoms with Crippen LogP contribution in [0.15, 0.2) is 75.9 Å². The molecule has 0 spiro atoms. The maximum Gasteiger partial charge on any atom is 0.495 e. The lowest BCUT2D eigenvalue weighted by Gasteiger charge is -2.36. The summed E-state index contributed by atoms with van der Waals surface area (Å²) in [5.41, 5.74) is 7.72. The molecule has 6 heteroatoms. The van der Waals surface area contributed by atoms with Crippen molar-refractivity contribution in [2.24, 2.45) is 0 Å². The first-order chi connectivity index (χ1) is 17.9. The van der Waals surface area contributed by atoms with E-state index >= 15 is 0 Å². The molecule has 1 aromatic heterocycles. The molecule has 0 bridgehead atoms. The Morgan fingerprint density at radius 3 is 2.22 bits per heavy atom. The molecule has 0 saturated carbocycles. The predicted molar refractivity (Wildman–Crippen MR) is 151 cm³/mol. The number of rotatable bonds is 6. The summed E-state index contributed by atoms with van der Waals surface area (Å²) in [7, 11) is -0.554. The normalized spacial score (nSPS) is 17.8. The highest BCUT2D eigenvalue weighted by molar-refractivity contribution is 6.62. The quantitative estimate of drug-likeness (QED) is 0.236. The van der Waals surface area contributed by atoms with Crippen molar-refractivity contribution < 1.29 is 13.7 Å². The van der Waals surface area contributed by atoms with Gasteiger partial charge in [-0.25, -0.2) is 4.79 Å². The average molecular weight is 495 g/mol. The van der Waals surface area contributed by atoms with E-state index in [1.807, 2.05) is 24.3 Å². The third-order valence-electron chi connectivity index (χ3n) is 7.38. The lowest BCUT2D eigenvalue weighted by atomic mass is 9.70. The monoisotopic (exact) mass is 495 g/mol.